The van der Waals surface area contributed by atoms with Crippen LogP contribution in [0.2, 0.25) is 0 Å². The molecule has 0 spiro atoms. The SMILES string of the molecule is N#CCc1ccc(O)c(Br)c1[N+](=O)[O-]. The van der Waals surface area contributed by atoms with Gasteiger partial charge in [0.05, 0.1) is 17.4 Å². The Hall–Kier alpha value is -1.61. The normalized spacial score (nSPS) is 9.43. The van der Waals surface area contributed by atoms with E-state index in [4.69, 9.17) is 5.26 Å². The average Bonchev–Trinajstić information content (AvgIpc) is 2.11. The fourth-order valence-corrected chi connectivity index (χ4v) is 1.55. The Morgan fingerprint density at radius 3 is 2.79 bits per heavy atom. The summed E-state index contributed by atoms with van der Waals surface area (Å²) in [6.45, 7) is 0. The first-order valence-electron chi connectivity index (χ1n) is 3.59. The molecule has 1 aromatic carbocycles. The Morgan fingerprint density at radius 1 is 1.64 bits per heavy atom. The lowest BCUT2D eigenvalue weighted by Gasteiger charge is -2.02. The summed E-state index contributed by atoms with van der Waals surface area (Å²) in [4.78, 5) is 10.00. The molecule has 0 amide bonds. The molecule has 0 fully saturated rings. The molecule has 1 N–H and O–H groups in total. The number of hydrogen-bond donors (Lipinski definition) is 1. The second-order valence-corrected chi connectivity index (χ2v) is 3.29. The van der Waals surface area contributed by atoms with Gasteiger partial charge in [-0.05, 0) is 28.1 Å². The molecule has 1 aromatic rings. The number of benzene rings is 1. The maximum absolute atomic E-state index is 10.6. The molecule has 0 aliphatic rings. The topological polar surface area (TPSA) is 87.2 Å². The standard InChI is InChI=1S/C8H5BrN2O3/c9-7-6(12)2-1-5(3-4-10)8(7)11(13)14/h1-2,12H,3H2. The number of nitrogens with zero attached hydrogens (tertiary/aromatic N) is 2. The molecule has 6 heteroatoms. The Morgan fingerprint density at radius 2 is 2.29 bits per heavy atom. The molecule has 0 aliphatic carbocycles. The summed E-state index contributed by atoms with van der Waals surface area (Å²) in [5.41, 5.74) is 0.0220. The van der Waals surface area contributed by atoms with Gasteiger partial charge in [0.2, 0.25) is 0 Å². The molecule has 0 saturated carbocycles. The van der Waals surface area contributed by atoms with Gasteiger partial charge in [0.1, 0.15) is 10.2 Å². The number of phenolic OH excluding ortho intramolecular Hbond substituents is 1. The van der Waals surface area contributed by atoms with Crippen LogP contribution >= 0.6 is 15.9 Å². The van der Waals surface area contributed by atoms with Gasteiger partial charge in [0.15, 0.2) is 0 Å². The van der Waals surface area contributed by atoms with Gasteiger partial charge in [-0.3, -0.25) is 10.1 Å². The van der Waals surface area contributed by atoms with Crippen LogP contribution in [-0.4, -0.2) is 10.0 Å². The number of hydrogen-bond acceptors (Lipinski definition) is 4. The number of nitriles is 1. The van der Waals surface area contributed by atoms with Crippen LogP contribution in [0.3, 0.4) is 0 Å². The van der Waals surface area contributed by atoms with Crippen LogP contribution in [0.4, 0.5) is 5.69 Å². The largest absolute Gasteiger partial charge is 0.507 e. The van der Waals surface area contributed by atoms with Crippen molar-refractivity contribution in [3.05, 3.63) is 32.3 Å². The van der Waals surface area contributed by atoms with E-state index in [1.54, 1.807) is 0 Å². The van der Waals surface area contributed by atoms with Crippen molar-refractivity contribution in [3.63, 3.8) is 0 Å². The molecule has 0 unspecified atom stereocenters. The van der Waals surface area contributed by atoms with Crippen LogP contribution in [0.15, 0.2) is 16.6 Å². The monoisotopic (exact) mass is 256 g/mol. The fraction of sp³-hybridized carbons (Fsp3) is 0.125. The molecular formula is C8H5BrN2O3. The lowest BCUT2D eigenvalue weighted by Crippen LogP contribution is -1.96. The van der Waals surface area contributed by atoms with E-state index >= 15 is 0 Å². The molecule has 0 heterocycles. The summed E-state index contributed by atoms with van der Waals surface area (Å²) in [5, 5.41) is 28.3. The van der Waals surface area contributed by atoms with Gasteiger partial charge in [-0.2, -0.15) is 5.26 Å². The first-order valence-corrected chi connectivity index (χ1v) is 4.39. The Balaban J connectivity index is 3.39. The van der Waals surface area contributed by atoms with E-state index in [0.29, 0.717) is 0 Å². The van der Waals surface area contributed by atoms with E-state index in [9.17, 15) is 15.2 Å². The minimum Gasteiger partial charge on any atom is -0.507 e. The Bertz CT molecular complexity index is 425. The highest BCUT2D eigenvalue weighted by Crippen LogP contribution is 2.36. The van der Waals surface area contributed by atoms with Crippen LogP contribution < -0.4 is 0 Å². The van der Waals surface area contributed by atoms with Crippen LogP contribution in [0.1, 0.15) is 5.56 Å². The number of rotatable bonds is 2. The summed E-state index contributed by atoms with van der Waals surface area (Å²) in [6, 6.07) is 4.49. The lowest BCUT2D eigenvalue weighted by atomic mass is 10.1. The van der Waals surface area contributed by atoms with Gasteiger partial charge in [0.25, 0.3) is 5.69 Å². The maximum atomic E-state index is 10.6. The average molecular weight is 257 g/mol. The molecule has 0 saturated heterocycles. The molecule has 5 nitrogen and oxygen atoms in total. The number of nitro benzene ring substituents is 1. The number of halogens is 1. The summed E-state index contributed by atoms with van der Waals surface area (Å²) < 4.78 is 0.00949. The van der Waals surface area contributed by atoms with Crippen molar-refractivity contribution >= 4 is 21.6 Å². The molecule has 0 atom stereocenters. The van der Waals surface area contributed by atoms with Gasteiger partial charge >= 0.3 is 0 Å². The van der Waals surface area contributed by atoms with Crippen molar-refractivity contribution in [2.45, 2.75) is 6.42 Å². The maximum Gasteiger partial charge on any atom is 0.291 e. The predicted molar refractivity (Wildman–Crippen MR) is 51.8 cm³/mol. The van der Waals surface area contributed by atoms with Gasteiger partial charge < -0.3 is 5.11 Å². The van der Waals surface area contributed by atoms with Crippen molar-refractivity contribution in [1.29, 1.82) is 5.26 Å². The number of phenols is 1. The smallest absolute Gasteiger partial charge is 0.291 e. The third-order valence-corrected chi connectivity index (χ3v) is 2.41. The molecule has 1 rings (SSSR count). The zero-order valence-electron chi connectivity index (χ0n) is 6.90. The zero-order valence-corrected chi connectivity index (χ0v) is 8.48. The summed E-state index contributed by atoms with van der Waals surface area (Å²) in [6.07, 6.45) is -0.0603. The second kappa shape index (κ2) is 4.07. The first kappa shape index (κ1) is 10.5. The van der Waals surface area contributed by atoms with Crippen molar-refractivity contribution in [2.75, 3.05) is 0 Å². The quantitative estimate of drug-likeness (QED) is 0.649. The zero-order chi connectivity index (χ0) is 10.7. The molecule has 72 valence electrons. The molecule has 14 heavy (non-hydrogen) atoms. The van der Waals surface area contributed by atoms with Crippen molar-refractivity contribution in [3.8, 4) is 11.8 Å². The Labute approximate surface area is 87.9 Å². The van der Waals surface area contributed by atoms with E-state index in [1.165, 1.54) is 12.1 Å². The summed E-state index contributed by atoms with van der Waals surface area (Å²) in [7, 11) is 0. The molecule has 0 bridgehead atoms. The predicted octanol–water partition coefficient (Wildman–Crippen LogP) is 2.13. The third kappa shape index (κ3) is 1.83. The third-order valence-electron chi connectivity index (χ3n) is 1.63. The molecule has 0 radical (unpaired) electrons. The van der Waals surface area contributed by atoms with Crippen LogP contribution in [0.25, 0.3) is 0 Å². The molecular weight excluding hydrogens is 252 g/mol. The van der Waals surface area contributed by atoms with Gasteiger partial charge in [-0.1, -0.05) is 0 Å². The fourth-order valence-electron chi connectivity index (χ4n) is 1.02. The number of aromatic hydroxyl groups is 1. The number of nitro groups is 1. The second-order valence-electron chi connectivity index (χ2n) is 2.50. The van der Waals surface area contributed by atoms with Gasteiger partial charge in [-0.25, -0.2) is 0 Å². The van der Waals surface area contributed by atoms with Crippen molar-refractivity contribution in [1.82, 2.24) is 0 Å². The van der Waals surface area contributed by atoms with Crippen molar-refractivity contribution in [2.24, 2.45) is 0 Å². The van der Waals surface area contributed by atoms with Gasteiger partial charge in [0, 0.05) is 5.56 Å². The van der Waals surface area contributed by atoms with E-state index < -0.39 is 4.92 Å². The molecule has 0 aliphatic heterocycles. The highest BCUT2D eigenvalue weighted by Gasteiger charge is 2.20. The minimum atomic E-state index is -0.628. The summed E-state index contributed by atoms with van der Waals surface area (Å²) >= 11 is 2.90. The molecule has 0 aromatic heterocycles. The van der Waals surface area contributed by atoms with Crippen LogP contribution in [-0.2, 0) is 6.42 Å². The van der Waals surface area contributed by atoms with E-state index in [0.717, 1.165) is 0 Å². The van der Waals surface area contributed by atoms with E-state index in [1.807, 2.05) is 6.07 Å². The van der Waals surface area contributed by atoms with Crippen molar-refractivity contribution < 1.29 is 10.0 Å². The van der Waals surface area contributed by atoms with Crippen LogP contribution in [0.5, 0.6) is 5.75 Å². The highest BCUT2D eigenvalue weighted by atomic mass is 79.9. The highest BCUT2D eigenvalue weighted by molar-refractivity contribution is 9.10. The van der Waals surface area contributed by atoms with Crippen LogP contribution in [0, 0.1) is 21.4 Å². The Kier molecular flexibility index (Phi) is 3.04. The lowest BCUT2D eigenvalue weighted by molar-refractivity contribution is -0.386. The minimum absolute atomic E-state index is 0.00949. The van der Waals surface area contributed by atoms with E-state index in [2.05, 4.69) is 15.9 Å². The van der Waals surface area contributed by atoms with E-state index in [-0.39, 0.29) is 27.9 Å². The summed E-state index contributed by atoms with van der Waals surface area (Å²) in [5.74, 6) is -0.210. The first-order chi connectivity index (χ1) is 6.57. The van der Waals surface area contributed by atoms with Gasteiger partial charge in [-0.15, -0.1) is 0 Å².